The van der Waals surface area contributed by atoms with Crippen LogP contribution in [0.15, 0.2) is 30.3 Å². The van der Waals surface area contributed by atoms with E-state index < -0.39 is 0 Å². The predicted octanol–water partition coefficient (Wildman–Crippen LogP) is 1.31. The number of nitrogens with two attached hydrogens (primary N) is 1. The number of amides is 1. The van der Waals surface area contributed by atoms with Gasteiger partial charge in [0.1, 0.15) is 12.4 Å². The highest BCUT2D eigenvalue weighted by Gasteiger charge is 2.02. The fourth-order valence-electron chi connectivity index (χ4n) is 1.32. The van der Waals surface area contributed by atoms with Gasteiger partial charge >= 0.3 is 0 Å². The monoisotopic (exact) mass is 236 g/mol. The number of nitrogens with one attached hydrogen (secondary N) is 1. The van der Waals surface area contributed by atoms with Crippen molar-refractivity contribution in [2.75, 3.05) is 13.2 Å². The summed E-state index contributed by atoms with van der Waals surface area (Å²) in [5.74, 6) is 0.844. The summed E-state index contributed by atoms with van der Waals surface area (Å²) in [4.78, 5) is 11.3. The molecule has 17 heavy (non-hydrogen) atoms. The Morgan fingerprint density at radius 1 is 1.41 bits per heavy atom. The third kappa shape index (κ3) is 6.58. The second-order valence-corrected chi connectivity index (χ2v) is 4.03. The van der Waals surface area contributed by atoms with E-state index in [9.17, 15) is 4.79 Å². The Morgan fingerprint density at radius 2 is 2.12 bits per heavy atom. The normalized spacial score (nSPS) is 11.9. The molecular weight excluding hydrogens is 216 g/mol. The zero-order valence-electron chi connectivity index (χ0n) is 10.2. The van der Waals surface area contributed by atoms with Crippen molar-refractivity contribution in [3.63, 3.8) is 0 Å². The highest BCUT2D eigenvalue weighted by molar-refractivity contribution is 5.75. The molecule has 94 valence electrons. The van der Waals surface area contributed by atoms with Crippen molar-refractivity contribution in [3.8, 4) is 5.75 Å². The summed E-state index contributed by atoms with van der Waals surface area (Å²) in [6, 6.07) is 9.60. The fraction of sp³-hybridized carbons (Fsp3) is 0.462. The van der Waals surface area contributed by atoms with Crippen LogP contribution in [0.1, 0.15) is 19.8 Å². The van der Waals surface area contributed by atoms with Crippen LogP contribution >= 0.6 is 0 Å². The van der Waals surface area contributed by atoms with Gasteiger partial charge in [-0.15, -0.1) is 0 Å². The first kappa shape index (κ1) is 13.5. The topological polar surface area (TPSA) is 64.4 Å². The molecule has 1 atom stereocenters. The van der Waals surface area contributed by atoms with Crippen LogP contribution < -0.4 is 15.8 Å². The zero-order chi connectivity index (χ0) is 12.5. The number of rotatable bonds is 7. The van der Waals surface area contributed by atoms with Crippen molar-refractivity contribution < 1.29 is 9.53 Å². The number of carbonyl (C=O) groups excluding carboxylic acids is 1. The third-order valence-corrected chi connectivity index (χ3v) is 2.26. The molecular formula is C13H20N2O2. The number of ether oxygens (including phenoxy) is 1. The van der Waals surface area contributed by atoms with Crippen molar-refractivity contribution in [2.45, 2.75) is 25.8 Å². The first-order valence-electron chi connectivity index (χ1n) is 5.88. The van der Waals surface area contributed by atoms with E-state index in [0.717, 1.165) is 5.75 Å². The summed E-state index contributed by atoms with van der Waals surface area (Å²) in [6.07, 6.45) is 1.19. The lowest BCUT2D eigenvalue weighted by molar-refractivity contribution is -0.121. The second-order valence-electron chi connectivity index (χ2n) is 4.03. The molecule has 4 heteroatoms. The molecule has 1 aromatic carbocycles. The molecule has 0 saturated carbocycles. The molecule has 0 fully saturated rings. The smallest absolute Gasteiger partial charge is 0.220 e. The lowest BCUT2D eigenvalue weighted by atomic mass is 10.2. The van der Waals surface area contributed by atoms with Crippen LogP contribution in [-0.4, -0.2) is 25.1 Å². The second kappa shape index (κ2) is 7.68. The maximum absolute atomic E-state index is 11.3. The molecule has 0 spiro atoms. The molecule has 0 heterocycles. The molecule has 0 bridgehead atoms. The first-order valence-corrected chi connectivity index (χ1v) is 5.88. The fourth-order valence-corrected chi connectivity index (χ4v) is 1.32. The van der Waals surface area contributed by atoms with Gasteiger partial charge in [0.05, 0.1) is 6.54 Å². The van der Waals surface area contributed by atoms with Gasteiger partial charge in [0.25, 0.3) is 0 Å². The van der Waals surface area contributed by atoms with E-state index in [-0.39, 0.29) is 11.9 Å². The van der Waals surface area contributed by atoms with Gasteiger partial charge in [0, 0.05) is 12.5 Å². The average molecular weight is 236 g/mol. The Hall–Kier alpha value is -1.55. The molecule has 3 N–H and O–H groups in total. The molecule has 1 rings (SSSR count). The number of benzene rings is 1. The zero-order valence-corrected chi connectivity index (χ0v) is 10.2. The van der Waals surface area contributed by atoms with Crippen molar-refractivity contribution in [2.24, 2.45) is 5.73 Å². The Balaban J connectivity index is 2.06. The molecule has 0 aliphatic heterocycles. The Morgan fingerprint density at radius 3 is 2.76 bits per heavy atom. The van der Waals surface area contributed by atoms with Crippen molar-refractivity contribution in [1.82, 2.24) is 5.32 Å². The van der Waals surface area contributed by atoms with E-state index in [1.807, 2.05) is 37.3 Å². The molecule has 0 aromatic heterocycles. The van der Waals surface area contributed by atoms with Gasteiger partial charge in [0.15, 0.2) is 0 Å². The van der Waals surface area contributed by atoms with Crippen LogP contribution in [-0.2, 0) is 4.79 Å². The average Bonchev–Trinajstić information content (AvgIpc) is 2.33. The number of hydrogen-bond donors (Lipinski definition) is 2. The quantitative estimate of drug-likeness (QED) is 0.702. The van der Waals surface area contributed by atoms with E-state index in [1.54, 1.807) is 0 Å². The highest BCUT2D eigenvalue weighted by Crippen LogP contribution is 2.07. The minimum absolute atomic E-state index is 0.0268. The molecule has 1 amide bonds. The molecule has 4 nitrogen and oxygen atoms in total. The van der Waals surface area contributed by atoms with E-state index >= 15 is 0 Å². The number of carbonyl (C=O) groups is 1. The number of hydrogen-bond acceptors (Lipinski definition) is 3. The van der Waals surface area contributed by atoms with Crippen LogP contribution in [0.3, 0.4) is 0 Å². The third-order valence-electron chi connectivity index (χ3n) is 2.26. The van der Waals surface area contributed by atoms with Crippen molar-refractivity contribution in [3.05, 3.63) is 30.3 Å². The summed E-state index contributed by atoms with van der Waals surface area (Å²) in [5.41, 5.74) is 5.57. The molecule has 0 saturated heterocycles. The largest absolute Gasteiger partial charge is 0.492 e. The summed E-state index contributed by atoms with van der Waals surface area (Å²) in [6.45, 7) is 2.90. The van der Waals surface area contributed by atoms with Crippen LogP contribution in [0.2, 0.25) is 0 Å². The Labute approximate surface area is 102 Å². The van der Waals surface area contributed by atoms with Gasteiger partial charge in [-0.2, -0.15) is 0 Å². The summed E-state index contributed by atoms with van der Waals surface area (Å²) >= 11 is 0. The van der Waals surface area contributed by atoms with E-state index in [0.29, 0.717) is 26.0 Å². The molecule has 1 unspecified atom stereocenters. The minimum atomic E-state index is 0.0268. The van der Waals surface area contributed by atoms with Crippen molar-refractivity contribution in [1.29, 1.82) is 0 Å². The first-order chi connectivity index (χ1) is 8.18. The van der Waals surface area contributed by atoms with E-state index in [1.165, 1.54) is 0 Å². The Bertz CT molecular complexity index is 325. The lowest BCUT2D eigenvalue weighted by Gasteiger charge is -2.08. The van der Waals surface area contributed by atoms with Gasteiger partial charge in [-0.1, -0.05) is 18.2 Å². The van der Waals surface area contributed by atoms with Crippen LogP contribution in [0, 0.1) is 0 Å². The summed E-state index contributed by atoms with van der Waals surface area (Å²) in [5, 5.41) is 2.79. The van der Waals surface area contributed by atoms with Gasteiger partial charge in [-0.3, -0.25) is 4.79 Å². The molecule has 0 radical (unpaired) electrons. The molecule has 0 aliphatic carbocycles. The SMILES string of the molecule is CC(N)CCC(=O)NCCOc1ccccc1. The maximum atomic E-state index is 11.3. The number of para-hydroxylation sites is 1. The standard InChI is InChI=1S/C13H20N2O2/c1-11(14)7-8-13(16)15-9-10-17-12-5-3-2-4-6-12/h2-6,11H,7-10,14H2,1H3,(H,15,16). The summed E-state index contributed by atoms with van der Waals surface area (Å²) in [7, 11) is 0. The highest BCUT2D eigenvalue weighted by atomic mass is 16.5. The minimum Gasteiger partial charge on any atom is -0.492 e. The maximum Gasteiger partial charge on any atom is 0.220 e. The van der Waals surface area contributed by atoms with Crippen molar-refractivity contribution >= 4 is 5.91 Å². The Kier molecular flexibility index (Phi) is 6.10. The predicted molar refractivity (Wildman–Crippen MR) is 67.8 cm³/mol. The van der Waals surface area contributed by atoms with E-state index in [2.05, 4.69) is 5.32 Å². The molecule has 1 aromatic rings. The molecule has 0 aliphatic rings. The van der Waals surface area contributed by atoms with Crippen LogP contribution in [0.25, 0.3) is 0 Å². The summed E-state index contributed by atoms with van der Waals surface area (Å²) < 4.78 is 5.44. The van der Waals surface area contributed by atoms with Crippen LogP contribution in [0.4, 0.5) is 0 Å². The van der Waals surface area contributed by atoms with Gasteiger partial charge in [-0.05, 0) is 25.5 Å². The van der Waals surface area contributed by atoms with Gasteiger partial charge < -0.3 is 15.8 Å². The van der Waals surface area contributed by atoms with Gasteiger partial charge in [-0.25, -0.2) is 0 Å². The van der Waals surface area contributed by atoms with Crippen LogP contribution in [0.5, 0.6) is 5.75 Å². The van der Waals surface area contributed by atoms with Gasteiger partial charge in [0.2, 0.25) is 5.91 Å². The van der Waals surface area contributed by atoms with E-state index in [4.69, 9.17) is 10.5 Å². The lowest BCUT2D eigenvalue weighted by Crippen LogP contribution is -2.29.